The third kappa shape index (κ3) is 5.83. The average Bonchev–Trinajstić information content (AvgIpc) is 2.24. The van der Waals surface area contributed by atoms with Crippen LogP contribution in [0.5, 0.6) is 0 Å². The van der Waals surface area contributed by atoms with Gasteiger partial charge >= 0.3 is 0 Å². The van der Waals surface area contributed by atoms with Crippen LogP contribution in [0, 0.1) is 5.92 Å². The molecule has 0 rings (SSSR count). The maximum Gasteiger partial charge on any atom is 0.223 e. The SMILES string of the molecule is CCC(=O)NCC(=O)CC(C)C(=O)NC. The largest absolute Gasteiger partial charge is 0.359 e. The smallest absolute Gasteiger partial charge is 0.223 e. The molecule has 0 saturated carbocycles. The first kappa shape index (κ1) is 13.6. The van der Waals surface area contributed by atoms with E-state index in [1.807, 2.05) is 0 Å². The van der Waals surface area contributed by atoms with Crippen molar-refractivity contribution in [2.45, 2.75) is 26.7 Å². The molecule has 0 spiro atoms. The van der Waals surface area contributed by atoms with Crippen molar-refractivity contribution in [2.75, 3.05) is 13.6 Å². The Morgan fingerprint density at radius 1 is 1.27 bits per heavy atom. The van der Waals surface area contributed by atoms with Crippen molar-refractivity contribution in [3.05, 3.63) is 0 Å². The lowest BCUT2D eigenvalue weighted by atomic mass is 10.0. The summed E-state index contributed by atoms with van der Waals surface area (Å²) in [5.74, 6) is -0.796. The van der Waals surface area contributed by atoms with Gasteiger partial charge in [0, 0.05) is 25.8 Å². The van der Waals surface area contributed by atoms with Gasteiger partial charge in [0.05, 0.1) is 6.54 Å². The van der Waals surface area contributed by atoms with Crippen LogP contribution in [-0.2, 0) is 14.4 Å². The molecule has 5 heteroatoms. The van der Waals surface area contributed by atoms with Crippen LogP contribution < -0.4 is 10.6 Å². The summed E-state index contributed by atoms with van der Waals surface area (Å²) in [6.45, 7) is 3.40. The van der Waals surface area contributed by atoms with Gasteiger partial charge in [0.25, 0.3) is 0 Å². The lowest BCUT2D eigenvalue weighted by Gasteiger charge is -2.09. The molecular weight excluding hydrogens is 196 g/mol. The fourth-order valence-electron chi connectivity index (χ4n) is 1.07. The zero-order valence-corrected chi connectivity index (χ0v) is 9.42. The number of hydrogen-bond acceptors (Lipinski definition) is 3. The number of carbonyl (C=O) groups excluding carboxylic acids is 3. The normalized spacial score (nSPS) is 11.7. The van der Waals surface area contributed by atoms with Gasteiger partial charge in [-0.25, -0.2) is 0 Å². The van der Waals surface area contributed by atoms with Crippen LogP contribution in [0.25, 0.3) is 0 Å². The molecule has 1 atom stereocenters. The van der Waals surface area contributed by atoms with Crippen LogP contribution in [0.15, 0.2) is 0 Å². The fourth-order valence-corrected chi connectivity index (χ4v) is 1.07. The molecule has 15 heavy (non-hydrogen) atoms. The highest BCUT2D eigenvalue weighted by Crippen LogP contribution is 2.01. The minimum absolute atomic E-state index is 0.00794. The van der Waals surface area contributed by atoms with E-state index in [1.54, 1.807) is 13.8 Å². The molecule has 0 aromatic rings. The Morgan fingerprint density at radius 2 is 1.87 bits per heavy atom. The van der Waals surface area contributed by atoms with E-state index in [-0.39, 0.29) is 36.5 Å². The molecule has 0 aliphatic carbocycles. The molecule has 2 amide bonds. The van der Waals surface area contributed by atoms with Gasteiger partial charge in [-0.3, -0.25) is 14.4 Å². The summed E-state index contributed by atoms with van der Waals surface area (Å²) in [6, 6.07) is 0. The van der Waals surface area contributed by atoms with E-state index in [0.717, 1.165) is 0 Å². The number of rotatable bonds is 6. The van der Waals surface area contributed by atoms with Crippen molar-refractivity contribution >= 4 is 17.6 Å². The fraction of sp³-hybridized carbons (Fsp3) is 0.700. The van der Waals surface area contributed by atoms with Gasteiger partial charge in [0.1, 0.15) is 0 Å². The standard InChI is InChI=1S/C10H18N2O3/c1-4-9(14)12-6-8(13)5-7(2)10(15)11-3/h7H,4-6H2,1-3H3,(H,11,15)(H,12,14). The Hall–Kier alpha value is -1.39. The van der Waals surface area contributed by atoms with Gasteiger partial charge in [0.15, 0.2) is 5.78 Å². The van der Waals surface area contributed by atoms with Crippen LogP contribution in [0.1, 0.15) is 26.7 Å². The molecule has 0 aliphatic rings. The monoisotopic (exact) mass is 214 g/mol. The molecule has 0 aliphatic heterocycles. The molecule has 0 fully saturated rings. The van der Waals surface area contributed by atoms with Gasteiger partial charge in [-0.05, 0) is 0 Å². The van der Waals surface area contributed by atoms with Crippen LogP contribution in [-0.4, -0.2) is 31.2 Å². The Kier molecular flexibility index (Phi) is 6.33. The number of ketones is 1. The van der Waals surface area contributed by atoms with E-state index in [1.165, 1.54) is 7.05 Å². The van der Waals surface area contributed by atoms with E-state index in [0.29, 0.717) is 6.42 Å². The van der Waals surface area contributed by atoms with Gasteiger partial charge in [0.2, 0.25) is 11.8 Å². The quantitative estimate of drug-likeness (QED) is 0.646. The van der Waals surface area contributed by atoms with E-state index in [9.17, 15) is 14.4 Å². The van der Waals surface area contributed by atoms with Crippen molar-refractivity contribution in [3.63, 3.8) is 0 Å². The third-order valence-electron chi connectivity index (χ3n) is 2.03. The summed E-state index contributed by atoms with van der Waals surface area (Å²) >= 11 is 0. The predicted octanol–water partition coefficient (Wildman–Crippen LogP) is -0.146. The van der Waals surface area contributed by atoms with Crippen molar-refractivity contribution in [1.29, 1.82) is 0 Å². The molecule has 0 radical (unpaired) electrons. The first-order chi connectivity index (χ1) is 7.01. The van der Waals surface area contributed by atoms with Crippen molar-refractivity contribution < 1.29 is 14.4 Å². The van der Waals surface area contributed by atoms with Crippen molar-refractivity contribution in [2.24, 2.45) is 5.92 Å². The summed E-state index contributed by atoms with van der Waals surface area (Å²) in [6.07, 6.45) is 0.516. The number of nitrogens with one attached hydrogen (secondary N) is 2. The minimum Gasteiger partial charge on any atom is -0.359 e. The highest BCUT2D eigenvalue weighted by molar-refractivity contribution is 5.89. The van der Waals surface area contributed by atoms with Crippen LogP contribution in [0.2, 0.25) is 0 Å². The Labute approximate surface area is 89.6 Å². The molecule has 2 N–H and O–H groups in total. The second kappa shape index (κ2) is 6.98. The molecule has 0 heterocycles. The molecule has 5 nitrogen and oxygen atoms in total. The lowest BCUT2D eigenvalue weighted by Crippen LogP contribution is -2.32. The molecule has 86 valence electrons. The molecule has 0 saturated heterocycles. The van der Waals surface area contributed by atoms with Gasteiger partial charge in [-0.15, -0.1) is 0 Å². The summed E-state index contributed by atoms with van der Waals surface area (Å²) in [5.41, 5.74) is 0. The Balaban J connectivity index is 3.83. The second-order valence-electron chi connectivity index (χ2n) is 3.39. The third-order valence-corrected chi connectivity index (χ3v) is 2.03. The summed E-state index contributed by atoms with van der Waals surface area (Å²) in [4.78, 5) is 33.2. The van der Waals surface area contributed by atoms with Crippen molar-refractivity contribution in [3.8, 4) is 0 Å². The zero-order valence-electron chi connectivity index (χ0n) is 9.42. The Morgan fingerprint density at radius 3 is 2.33 bits per heavy atom. The minimum atomic E-state index is -0.346. The lowest BCUT2D eigenvalue weighted by molar-refractivity contribution is -0.129. The van der Waals surface area contributed by atoms with Gasteiger partial charge in [-0.2, -0.15) is 0 Å². The number of hydrogen-bond donors (Lipinski definition) is 2. The van der Waals surface area contributed by atoms with E-state index < -0.39 is 0 Å². The maximum atomic E-state index is 11.3. The average molecular weight is 214 g/mol. The van der Waals surface area contributed by atoms with Crippen molar-refractivity contribution in [1.82, 2.24) is 10.6 Å². The summed E-state index contributed by atoms with van der Waals surface area (Å²) in [7, 11) is 1.53. The number of Topliss-reactive ketones (excluding diaryl/α,β-unsaturated/α-hetero) is 1. The van der Waals surface area contributed by atoms with E-state index in [4.69, 9.17) is 0 Å². The van der Waals surface area contributed by atoms with Gasteiger partial charge in [-0.1, -0.05) is 13.8 Å². The Bertz CT molecular complexity index is 251. The molecule has 0 aromatic carbocycles. The molecule has 0 bridgehead atoms. The highest BCUT2D eigenvalue weighted by atomic mass is 16.2. The maximum absolute atomic E-state index is 11.3. The van der Waals surface area contributed by atoms with Gasteiger partial charge < -0.3 is 10.6 Å². The van der Waals surface area contributed by atoms with E-state index >= 15 is 0 Å². The topological polar surface area (TPSA) is 75.3 Å². The molecule has 1 unspecified atom stereocenters. The van der Waals surface area contributed by atoms with E-state index in [2.05, 4.69) is 10.6 Å². The zero-order chi connectivity index (χ0) is 11.8. The van der Waals surface area contributed by atoms with Crippen LogP contribution >= 0.6 is 0 Å². The number of amides is 2. The summed E-state index contributed by atoms with van der Waals surface area (Å²) < 4.78 is 0. The summed E-state index contributed by atoms with van der Waals surface area (Å²) in [5, 5.41) is 4.94. The second-order valence-corrected chi connectivity index (χ2v) is 3.39. The molecular formula is C10H18N2O3. The first-order valence-electron chi connectivity index (χ1n) is 5.01. The predicted molar refractivity (Wildman–Crippen MR) is 56.2 cm³/mol. The van der Waals surface area contributed by atoms with Crippen LogP contribution in [0.4, 0.5) is 0 Å². The highest BCUT2D eigenvalue weighted by Gasteiger charge is 2.15. The van der Waals surface area contributed by atoms with Crippen LogP contribution in [0.3, 0.4) is 0 Å². The molecule has 0 aromatic heterocycles. The number of carbonyl (C=O) groups is 3. The first-order valence-corrected chi connectivity index (χ1v) is 5.01.